The fourth-order valence-corrected chi connectivity index (χ4v) is 2.92. The average Bonchev–Trinajstić information content (AvgIpc) is 2.34. The zero-order valence-corrected chi connectivity index (χ0v) is 13.1. The molecule has 1 unspecified atom stereocenters. The van der Waals surface area contributed by atoms with E-state index in [4.69, 9.17) is 10.5 Å². The topological polar surface area (TPSA) is 38.5 Å². The van der Waals surface area contributed by atoms with Crippen molar-refractivity contribution in [3.63, 3.8) is 0 Å². The van der Waals surface area contributed by atoms with Crippen LogP contribution in [0.4, 0.5) is 5.69 Å². The molecule has 0 bridgehead atoms. The Hall–Kier alpha value is -1.22. The third-order valence-electron chi connectivity index (χ3n) is 3.55. The van der Waals surface area contributed by atoms with Crippen LogP contribution >= 0.6 is 0 Å². The molecule has 0 aliphatic carbocycles. The van der Waals surface area contributed by atoms with Crippen LogP contribution < -0.4 is 10.5 Å². The molecule has 108 valence electrons. The summed E-state index contributed by atoms with van der Waals surface area (Å²) in [7, 11) is 1.72. The number of rotatable bonds is 6. The van der Waals surface area contributed by atoms with Crippen molar-refractivity contribution in [3.8, 4) is 5.75 Å². The van der Waals surface area contributed by atoms with Crippen molar-refractivity contribution in [1.82, 2.24) is 4.90 Å². The first-order valence-corrected chi connectivity index (χ1v) is 7.13. The Morgan fingerprint density at radius 1 is 1.16 bits per heavy atom. The van der Waals surface area contributed by atoms with E-state index < -0.39 is 0 Å². The first-order chi connectivity index (χ1) is 8.92. The molecule has 2 N–H and O–H groups in total. The number of ether oxygens (including phenoxy) is 1. The van der Waals surface area contributed by atoms with Crippen LogP contribution in [0.2, 0.25) is 0 Å². The number of hydrogen-bond donors (Lipinski definition) is 1. The molecule has 0 radical (unpaired) electrons. The Labute approximate surface area is 117 Å². The van der Waals surface area contributed by atoms with E-state index in [1.165, 1.54) is 5.56 Å². The van der Waals surface area contributed by atoms with Gasteiger partial charge in [-0.2, -0.15) is 0 Å². The van der Waals surface area contributed by atoms with Crippen LogP contribution in [0.25, 0.3) is 0 Å². The van der Waals surface area contributed by atoms with Gasteiger partial charge >= 0.3 is 0 Å². The molecule has 0 aliphatic rings. The van der Waals surface area contributed by atoms with Crippen molar-refractivity contribution < 1.29 is 4.74 Å². The Bertz CT molecular complexity index is 394. The largest absolute Gasteiger partial charge is 0.496 e. The molecule has 0 saturated heterocycles. The Morgan fingerprint density at radius 2 is 1.74 bits per heavy atom. The smallest absolute Gasteiger partial charge is 0.123 e. The van der Waals surface area contributed by atoms with Crippen molar-refractivity contribution in [2.24, 2.45) is 0 Å². The van der Waals surface area contributed by atoms with E-state index in [-0.39, 0.29) is 0 Å². The highest BCUT2D eigenvalue weighted by atomic mass is 16.5. The summed E-state index contributed by atoms with van der Waals surface area (Å²) in [6, 6.07) is 7.20. The first-order valence-electron chi connectivity index (χ1n) is 7.13. The van der Waals surface area contributed by atoms with Gasteiger partial charge in [0.1, 0.15) is 5.75 Å². The number of nitrogen functional groups attached to an aromatic ring is 1. The van der Waals surface area contributed by atoms with E-state index in [1.54, 1.807) is 7.11 Å². The van der Waals surface area contributed by atoms with Crippen LogP contribution in [0.1, 0.15) is 52.6 Å². The molecule has 3 nitrogen and oxygen atoms in total. The first kappa shape index (κ1) is 15.8. The zero-order chi connectivity index (χ0) is 14.6. The Morgan fingerprint density at radius 3 is 2.16 bits per heavy atom. The molecule has 0 amide bonds. The summed E-state index contributed by atoms with van der Waals surface area (Å²) in [5.74, 6) is 0.923. The molecular weight excluding hydrogens is 236 g/mol. The van der Waals surface area contributed by atoms with E-state index in [9.17, 15) is 0 Å². The standard InChI is InChI=1S/C16H28N2O/c1-7-15(18(11(2)3)12(4)5)14-10-13(17)8-9-16(14)19-6/h8-12,15H,7,17H2,1-6H3. The van der Waals surface area contributed by atoms with Gasteiger partial charge in [-0.3, -0.25) is 4.90 Å². The molecule has 19 heavy (non-hydrogen) atoms. The van der Waals surface area contributed by atoms with Gasteiger partial charge in [-0.15, -0.1) is 0 Å². The van der Waals surface area contributed by atoms with Gasteiger partial charge in [0.25, 0.3) is 0 Å². The zero-order valence-electron chi connectivity index (χ0n) is 13.1. The minimum absolute atomic E-state index is 0.332. The van der Waals surface area contributed by atoms with Crippen molar-refractivity contribution in [1.29, 1.82) is 0 Å². The van der Waals surface area contributed by atoms with Gasteiger partial charge in [-0.05, 0) is 52.3 Å². The van der Waals surface area contributed by atoms with Crippen molar-refractivity contribution in [3.05, 3.63) is 23.8 Å². The normalized spacial score (nSPS) is 13.3. The number of hydrogen-bond acceptors (Lipinski definition) is 3. The lowest BCUT2D eigenvalue weighted by Crippen LogP contribution is -2.40. The average molecular weight is 264 g/mol. The molecule has 3 heteroatoms. The molecule has 0 aliphatic heterocycles. The quantitative estimate of drug-likeness (QED) is 0.793. The molecule has 0 fully saturated rings. The molecule has 0 spiro atoms. The summed E-state index contributed by atoms with van der Waals surface area (Å²) in [5, 5.41) is 0. The Kier molecular flexibility index (Phi) is 5.67. The van der Waals surface area contributed by atoms with Gasteiger partial charge in [-0.25, -0.2) is 0 Å². The predicted molar refractivity (Wildman–Crippen MR) is 82.5 cm³/mol. The minimum Gasteiger partial charge on any atom is -0.496 e. The summed E-state index contributed by atoms with van der Waals surface area (Å²) in [4.78, 5) is 2.51. The molecule has 1 atom stereocenters. The van der Waals surface area contributed by atoms with Crippen LogP contribution in [0.15, 0.2) is 18.2 Å². The minimum atomic E-state index is 0.332. The van der Waals surface area contributed by atoms with E-state index >= 15 is 0 Å². The summed E-state index contributed by atoms with van der Waals surface area (Å²) in [6.45, 7) is 11.2. The second kappa shape index (κ2) is 6.80. The van der Waals surface area contributed by atoms with Crippen LogP contribution in [0, 0.1) is 0 Å². The van der Waals surface area contributed by atoms with Crippen LogP contribution in [-0.4, -0.2) is 24.1 Å². The van der Waals surface area contributed by atoms with Crippen LogP contribution in [-0.2, 0) is 0 Å². The fraction of sp³-hybridized carbons (Fsp3) is 0.625. The van der Waals surface area contributed by atoms with Crippen LogP contribution in [0.3, 0.4) is 0 Å². The molecular formula is C16H28N2O. The Balaban J connectivity index is 3.24. The molecule has 0 aromatic heterocycles. The van der Waals surface area contributed by atoms with E-state index in [1.807, 2.05) is 18.2 Å². The highest BCUT2D eigenvalue weighted by Gasteiger charge is 2.26. The third-order valence-corrected chi connectivity index (χ3v) is 3.55. The number of benzene rings is 1. The lowest BCUT2D eigenvalue weighted by Gasteiger charge is -2.38. The maximum absolute atomic E-state index is 5.95. The number of nitrogens with zero attached hydrogens (tertiary/aromatic N) is 1. The van der Waals surface area contributed by atoms with Gasteiger partial charge in [0.2, 0.25) is 0 Å². The molecule has 0 saturated carbocycles. The summed E-state index contributed by atoms with van der Waals surface area (Å²) < 4.78 is 5.51. The van der Waals surface area contributed by atoms with Crippen molar-refractivity contribution in [2.45, 2.75) is 59.2 Å². The molecule has 0 heterocycles. The molecule has 1 rings (SSSR count). The summed E-state index contributed by atoms with van der Waals surface area (Å²) >= 11 is 0. The lowest BCUT2D eigenvalue weighted by molar-refractivity contribution is 0.107. The number of anilines is 1. The van der Waals surface area contributed by atoms with Gasteiger partial charge in [0.05, 0.1) is 7.11 Å². The maximum atomic E-state index is 5.95. The fourth-order valence-electron chi connectivity index (χ4n) is 2.92. The second-order valence-corrected chi connectivity index (χ2v) is 5.56. The SMILES string of the molecule is CCC(c1cc(N)ccc1OC)N(C(C)C)C(C)C. The van der Waals surface area contributed by atoms with E-state index in [2.05, 4.69) is 39.5 Å². The monoisotopic (exact) mass is 264 g/mol. The third kappa shape index (κ3) is 3.63. The van der Waals surface area contributed by atoms with E-state index in [0.29, 0.717) is 18.1 Å². The number of methoxy groups -OCH3 is 1. The van der Waals surface area contributed by atoms with Crippen molar-refractivity contribution >= 4 is 5.69 Å². The van der Waals surface area contributed by atoms with Crippen LogP contribution in [0.5, 0.6) is 5.75 Å². The maximum Gasteiger partial charge on any atom is 0.123 e. The molecule has 1 aromatic carbocycles. The van der Waals surface area contributed by atoms with E-state index in [0.717, 1.165) is 17.9 Å². The van der Waals surface area contributed by atoms with Gasteiger partial charge in [0, 0.05) is 29.4 Å². The highest BCUT2D eigenvalue weighted by Crippen LogP contribution is 2.35. The highest BCUT2D eigenvalue weighted by molar-refractivity contribution is 5.49. The predicted octanol–water partition coefficient (Wildman–Crippen LogP) is 3.85. The van der Waals surface area contributed by atoms with Gasteiger partial charge in [-0.1, -0.05) is 6.92 Å². The van der Waals surface area contributed by atoms with Gasteiger partial charge < -0.3 is 10.5 Å². The van der Waals surface area contributed by atoms with Crippen molar-refractivity contribution in [2.75, 3.05) is 12.8 Å². The molecule has 1 aromatic rings. The van der Waals surface area contributed by atoms with Gasteiger partial charge in [0.15, 0.2) is 0 Å². The second-order valence-electron chi connectivity index (χ2n) is 5.56. The summed E-state index contributed by atoms with van der Waals surface area (Å²) in [5.41, 5.74) is 7.93. The summed E-state index contributed by atoms with van der Waals surface area (Å²) in [6.07, 6.45) is 1.04. The number of nitrogens with two attached hydrogens (primary N) is 1. The lowest BCUT2D eigenvalue weighted by atomic mass is 9.98.